The van der Waals surface area contributed by atoms with E-state index in [1.807, 2.05) is 30.3 Å². The zero-order chi connectivity index (χ0) is 17.2. The number of aryl methyl sites for hydroxylation is 1. The summed E-state index contributed by atoms with van der Waals surface area (Å²) < 4.78 is 13.2. The Bertz CT molecular complexity index is 1020. The van der Waals surface area contributed by atoms with Crippen molar-refractivity contribution in [3.63, 3.8) is 0 Å². The highest BCUT2D eigenvalue weighted by atomic mass is 19.1. The van der Waals surface area contributed by atoms with Crippen molar-refractivity contribution in [2.45, 2.75) is 6.92 Å². The Kier molecular flexibility index (Phi) is 3.90. The molecule has 1 aromatic heterocycles. The molecule has 0 saturated heterocycles. The van der Waals surface area contributed by atoms with E-state index in [1.54, 1.807) is 12.1 Å². The standard InChI is InChI=1S/C22H17FN2/c1-15-6-12-18(13-7-15)24-22-14-21(16-8-10-17(23)11-9-16)25-20-5-3-2-4-19(20)22/h2-14H,1H3,(H,24,25). The Labute approximate surface area is 146 Å². The number of pyridine rings is 1. The smallest absolute Gasteiger partial charge is 0.123 e. The predicted molar refractivity (Wildman–Crippen MR) is 102 cm³/mol. The van der Waals surface area contributed by atoms with Crippen LogP contribution in [-0.2, 0) is 0 Å². The zero-order valence-electron chi connectivity index (χ0n) is 13.8. The lowest BCUT2D eigenvalue weighted by atomic mass is 10.1. The fourth-order valence-corrected chi connectivity index (χ4v) is 2.84. The minimum atomic E-state index is -0.248. The molecule has 4 aromatic rings. The highest BCUT2D eigenvalue weighted by Crippen LogP contribution is 2.30. The van der Waals surface area contributed by atoms with Crippen molar-refractivity contribution in [2.24, 2.45) is 0 Å². The first-order valence-corrected chi connectivity index (χ1v) is 8.18. The molecule has 0 amide bonds. The van der Waals surface area contributed by atoms with Crippen LogP contribution in [0.5, 0.6) is 0 Å². The van der Waals surface area contributed by atoms with Gasteiger partial charge < -0.3 is 5.32 Å². The lowest BCUT2D eigenvalue weighted by Crippen LogP contribution is -1.95. The Hall–Kier alpha value is -3.20. The third-order valence-electron chi connectivity index (χ3n) is 4.19. The van der Waals surface area contributed by atoms with Crippen molar-refractivity contribution >= 4 is 22.3 Å². The summed E-state index contributed by atoms with van der Waals surface area (Å²) in [4.78, 5) is 4.73. The number of para-hydroxylation sites is 1. The topological polar surface area (TPSA) is 24.9 Å². The first-order chi connectivity index (χ1) is 12.2. The molecule has 0 aliphatic carbocycles. The van der Waals surface area contributed by atoms with Gasteiger partial charge >= 0.3 is 0 Å². The largest absolute Gasteiger partial charge is 0.355 e. The van der Waals surface area contributed by atoms with Gasteiger partial charge in [0.05, 0.1) is 16.9 Å². The molecule has 0 spiro atoms. The van der Waals surface area contributed by atoms with Crippen molar-refractivity contribution in [2.75, 3.05) is 5.32 Å². The van der Waals surface area contributed by atoms with Gasteiger partial charge in [0, 0.05) is 16.6 Å². The molecule has 1 N–H and O–H groups in total. The molecule has 1 heterocycles. The Morgan fingerprint density at radius 3 is 2.32 bits per heavy atom. The molecule has 2 nitrogen and oxygen atoms in total. The lowest BCUT2D eigenvalue weighted by molar-refractivity contribution is 0.628. The van der Waals surface area contributed by atoms with Crippen LogP contribution in [0, 0.1) is 12.7 Å². The molecule has 25 heavy (non-hydrogen) atoms. The van der Waals surface area contributed by atoms with Crippen LogP contribution in [0.1, 0.15) is 5.56 Å². The molecule has 0 bridgehead atoms. The van der Waals surface area contributed by atoms with Crippen molar-refractivity contribution in [1.82, 2.24) is 4.98 Å². The predicted octanol–water partition coefficient (Wildman–Crippen LogP) is 6.09. The SMILES string of the molecule is Cc1ccc(Nc2cc(-c3ccc(F)cc3)nc3ccccc23)cc1. The molecule has 0 aliphatic heterocycles. The fraction of sp³-hybridized carbons (Fsp3) is 0.0455. The number of aromatic nitrogens is 1. The molecule has 0 aliphatic rings. The van der Waals surface area contributed by atoms with Crippen molar-refractivity contribution in [3.8, 4) is 11.3 Å². The number of hydrogen-bond donors (Lipinski definition) is 1. The third kappa shape index (κ3) is 3.22. The van der Waals surface area contributed by atoms with Gasteiger partial charge in [0.25, 0.3) is 0 Å². The van der Waals surface area contributed by atoms with Gasteiger partial charge in [-0.2, -0.15) is 0 Å². The van der Waals surface area contributed by atoms with E-state index in [9.17, 15) is 4.39 Å². The lowest BCUT2D eigenvalue weighted by Gasteiger charge is -2.12. The molecule has 0 atom stereocenters. The van der Waals surface area contributed by atoms with E-state index < -0.39 is 0 Å². The van der Waals surface area contributed by atoms with Crippen molar-refractivity contribution < 1.29 is 4.39 Å². The Morgan fingerprint density at radius 1 is 0.840 bits per heavy atom. The molecule has 0 saturated carbocycles. The van der Waals surface area contributed by atoms with Crippen LogP contribution in [0.15, 0.2) is 78.9 Å². The summed E-state index contributed by atoms with van der Waals surface area (Å²) in [5, 5.41) is 4.53. The molecule has 3 heteroatoms. The number of nitrogens with zero attached hydrogens (tertiary/aromatic N) is 1. The molecule has 4 rings (SSSR count). The van der Waals surface area contributed by atoms with E-state index in [4.69, 9.17) is 4.98 Å². The molecule has 122 valence electrons. The van der Waals surface area contributed by atoms with E-state index >= 15 is 0 Å². The van der Waals surface area contributed by atoms with Gasteiger partial charge in [-0.1, -0.05) is 35.9 Å². The van der Waals surface area contributed by atoms with E-state index in [0.29, 0.717) is 0 Å². The molecule has 3 aromatic carbocycles. The summed E-state index contributed by atoms with van der Waals surface area (Å²) in [6, 6.07) is 24.7. The van der Waals surface area contributed by atoms with Gasteiger partial charge in [-0.15, -0.1) is 0 Å². The highest BCUT2D eigenvalue weighted by molar-refractivity contribution is 5.95. The second kappa shape index (κ2) is 6.36. The van der Waals surface area contributed by atoms with E-state index in [-0.39, 0.29) is 5.82 Å². The van der Waals surface area contributed by atoms with Crippen LogP contribution in [0.4, 0.5) is 15.8 Å². The minimum Gasteiger partial charge on any atom is -0.355 e. The number of hydrogen-bond acceptors (Lipinski definition) is 2. The van der Waals surface area contributed by atoms with Gasteiger partial charge in [0.15, 0.2) is 0 Å². The van der Waals surface area contributed by atoms with Crippen LogP contribution in [0.2, 0.25) is 0 Å². The summed E-state index contributed by atoms with van der Waals surface area (Å²) in [6.07, 6.45) is 0. The first kappa shape index (κ1) is 15.3. The molecular weight excluding hydrogens is 311 g/mol. The summed E-state index contributed by atoms with van der Waals surface area (Å²) in [7, 11) is 0. The van der Waals surface area contributed by atoms with Crippen LogP contribution >= 0.6 is 0 Å². The number of anilines is 2. The van der Waals surface area contributed by atoms with Crippen LogP contribution < -0.4 is 5.32 Å². The minimum absolute atomic E-state index is 0.248. The van der Waals surface area contributed by atoms with E-state index in [1.165, 1.54) is 17.7 Å². The maximum Gasteiger partial charge on any atom is 0.123 e. The summed E-state index contributed by atoms with van der Waals surface area (Å²) in [5.74, 6) is -0.248. The summed E-state index contributed by atoms with van der Waals surface area (Å²) in [5.41, 5.74) is 5.82. The fourth-order valence-electron chi connectivity index (χ4n) is 2.84. The molecule has 0 unspecified atom stereocenters. The van der Waals surface area contributed by atoms with Gasteiger partial charge in [-0.05, 0) is 55.5 Å². The van der Waals surface area contributed by atoms with Crippen molar-refractivity contribution in [1.29, 1.82) is 0 Å². The third-order valence-corrected chi connectivity index (χ3v) is 4.19. The average Bonchev–Trinajstić information content (AvgIpc) is 2.64. The summed E-state index contributed by atoms with van der Waals surface area (Å²) in [6.45, 7) is 2.07. The Balaban J connectivity index is 1.83. The Morgan fingerprint density at radius 2 is 1.56 bits per heavy atom. The van der Waals surface area contributed by atoms with Gasteiger partial charge in [-0.25, -0.2) is 9.37 Å². The quantitative estimate of drug-likeness (QED) is 0.492. The second-order valence-corrected chi connectivity index (χ2v) is 6.07. The van der Waals surface area contributed by atoms with Gasteiger partial charge in [0.2, 0.25) is 0 Å². The van der Waals surface area contributed by atoms with Crippen LogP contribution in [0.3, 0.4) is 0 Å². The zero-order valence-corrected chi connectivity index (χ0v) is 13.8. The maximum absolute atomic E-state index is 13.2. The number of fused-ring (bicyclic) bond motifs is 1. The molecule has 0 fully saturated rings. The van der Waals surface area contributed by atoms with E-state index in [0.717, 1.165) is 33.5 Å². The van der Waals surface area contributed by atoms with Crippen LogP contribution in [0.25, 0.3) is 22.2 Å². The number of halogens is 1. The number of rotatable bonds is 3. The van der Waals surface area contributed by atoms with Crippen LogP contribution in [-0.4, -0.2) is 4.98 Å². The molecule has 0 radical (unpaired) electrons. The van der Waals surface area contributed by atoms with Crippen molar-refractivity contribution in [3.05, 3.63) is 90.2 Å². The van der Waals surface area contributed by atoms with Gasteiger partial charge in [-0.3, -0.25) is 0 Å². The first-order valence-electron chi connectivity index (χ1n) is 8.18. The summed E-state index contributed by atoms with van der Waals surface area (Å²) >= 11 is 0. The highest BCUT2D eigenvalue weighted by Gasteiger charge is 2.08. The number of benzene rings is 3. The monoisotopic (exact) mass is 328 g/mol. The maximum atomic E-state index is 13.2. The number of nitrogens with one attached hydrogen (secondary N) is 1. The van der Waals surface area contributed by atoms with Gasteiger partial charge in [0.1, 0.15) is 5.82 Å². The normalized spacial score (nSPS) is 10.8. The molecular formula is C22H17FN2. The second-order valence-electron chi connectivity index (χ2n) is 6.07. The average molecular weight is 328 g/mol. The van der Waals surface area contributed by atoms with E-state index in [2.05, 4.69) is 36.5 Å².